The van der Waals surface area contributed by atoms with Gasteiger partial charge in [0.25, 0.3) is 11.8 Å². The average Bonchev–Trinajstić information content (AvgIpc) is 3.63. The summed E-state index contributed by atoms with van der Waals surface area (Å²) in [5.74, 6) is 0.0293. The van der Waals surface area contributed by atoms with Gasteiger partial charge in [0.05, 0.1) is 32.1 Å². The van der Waals surface area contributed by atoms with E-state index in [4.69, 9.17) is 9.47 Å². The number of halogens is 1. The van der Waals surface area contributed by atoms with Crippen LogP contribution < -0.4 is 24.8 Å². The molecule has 0 saturated carbocycles. The molecule has 9 nitrogen and oxygen atoms in total. The Morgan fingerprint density at radius 3 is 2.35 bits per heavy atom. The van der Waals surface area contributed by atoms with Crippen LogP contribution in [-0.2, 0) is 26.5 Å². The van der Waals surface area contributed by atoms with E-state index >= 15 is 4.11 Å². The van der Waals surface area contributed by atoms with Gasteiger partial charge in [-0.05, 0) is 93.5 Å². The number of aliphatic hydroxyl groups is 1. The fourth-order valence-corrected chi connectivity index (χ4v) is 11.4. The molecule has 11 heteroatoms. The largest absolute Gasteiger partial charge is 0.497 e. The van der Waals surface area contributed by atoms with Crippen LogP contribution in [-0.4, -0.2) is 70.4 Å². The molecule has 48 heavy (non-hydrogen) atoms. The maximum Gasteiger partial charge on any atom is 0.264 e. The third kappa shape index (κ3) is 5.05. The SMILES string of the molecule is COc1ccc2c(c1)[C@@]1(O[C@H](CCO)[C@@H]([Si](C)(C)F)[C@@H]1C)C(=O)N2Cc1ccc(N2CN(c3ccccc3)C3(CCNCC3)C2=O)cc1. The van der Waals surface area contributed by atoms with Crippen LogP contribution >= 0.6 is 0 Å². The third-order valence-electron chi connectivity index (χ3n) is 11.1. The highest BCUT2D eigenvalue weighted by Crippen LogP contribution is 2.60. The summed E-state index contributed by atoms with van der Waals surface area (Å²) >= 11 is 0. The highest BCUT2D eigenvalue weighted by Gasteiger charge is 2.66. The average molecular weight is 673 g/mol. The van der Waals surface area contributed by atoms with Gasteiger partial charge in [0.15, 0.2) is 5.60 Å². The van der Waals surface area contributed by atoms with Crippen molar-refractivity contribution in [2.75, 3.05) is 48.2 Å². The molecule has 2 N–H and O–H groups in total. The summed E-state index contributed by atoms with van der Waals surface area (Å²) in [6, 6.07) is 23.5. The van der Waals surface area contributed by atoms with Crippen molar-refractivity contribution in [3.8, 4) is 5.75 Å². The summed E-state index contributed by atoms with van der Waals surface area (Å²) in [7, 11) is -1.71. The quantitative estimate of drug-likeness (QED) is 0.247. The first-order valence-corrected chi connectivity index (χ1v) is 19.9. The lowest BCUT2D eigenvalue weighted by Gasteiger charge is -2.39. The van der Waals surface area contributed by atoms with Crippen LogP contribution in [0, 0.1) is 5.92 Å². The van der Waals surface area contributed by atoms with E-state index in [1.165, 1.54) is 0 Å². The number of fused-ring (bicyclic) bond motifs is 2. The minimum Gasteiger partial charge on any atom is -0.497 e. The number of benzene rings is 3. The molecule has 4 aliphatic heterocycles. The number of carbonyl (C=O) groups is 2. The molecule has 3 saturated heterocycles. The summed E-state index contributed by atoms with van der Waals surface area (Å²) in [4.78, 5) is 34.6. The molecule has 7 rings (SSSR count). The van der Waals surface area contributed by atoms with Crippen LogP contribution in [0.25, 0.3) is 0 Å². The highest BCUT2D eigenvalue weighted by atomic mass is 28.4. The fraction of sp³-hybridized carbons (Fsp3) is 0.459. The summed E-state index contributed by atoms with van der Waals surface area (Å²) in [6.45, 7) is 7.39. The molecular formula is C37H45FN4O5Si. The number of methoxy groups -OCH3 is 1. The van der Waals surface area contributed by atoms with Crippen LogP contribution in [0.5, 0.6) is 5.75 Å². The van der Waals surface area contributed by atoms with Crippen LogP contribution in [0.3, 0.4) is 0 Å². The predicted molar refractivity (Wildman–Crippen MR) is 186 cm³/mol. The Morgan fingerprint density at radius 1 is 1.00 bits per heavy atom. The van der Waals surface area contributed by atoms with Gasteiger partial charge in [-0.2, -0.15) is 0 Å². The van der Waals surface area contributed by atoms with E-state index in [-0.39, 0.29) is 31.4 Å². The number of aliphatic hydroxyl groups excluding tert-OH is 1. The Bertz CT molecular complexity index is 1680. The molecule has 2 spiro atoms. The molecule has 0 aliphatic carbocycles. The Hall–Kier alpha value is -3.77. The number of hydrogen-bond acceptors (Lipinski definition) is 7. The molecule has 2 amide bonds. The molecular weight excluding hydrogens is 628 g/mol. The van der Waals surface area contributed by atoms with Crippen molar-refractivity contribution >= 4 is 37.3 Å². The molecule has 4 heterocycles. The van der Waals surface area contributed by atoms with E-state index in [9.17, 15) is 14.7 Å². The molecule has 0 bridgehead atoms. The first-order chi connectivity index (χ1) is 23.0. The number of hydrogen-bond donors (Lipinski definition) is 2. The molecule has 3 fully saturated rings. The number of carbonyl (C=O) groups excluding carboxylic acids is 2. The zero-order valence-electron chi connectivity index (χ0n) is 28.1. The number of amides is 2. The highest BCUT2D eigenvalue weighted by molar-refractivity contribution is 6.72. The lowest BCUT2D eigenvalue weighted by Crippen LogP contribution is -2.55. The topological polar surface area (TPSA) is 94.6 Å². The molecule has 4 atom stereocenters. The van der Waals surface area contributed by atoms with Crippen molar-refractivity contribution in [2.24, 2.45) is 5.92 Å². The normalized spacial score (nSPS) is 26.6. The summed E-state index contributed by atoms with van der Waals surface area (Å²) < 4.78 is 28.1. The van der Waals surface area contributed by atoms with Gasteiger partial charge in [0.1, 0.15) is 11.3 Å². The van der Waals surface area contributed by atoms with Crippen molar-refractivity contribution in [2.45, 2.75) is 68.6 Å². The van der Waals surface area contributed by atoms with Crippen molar-refractivity contribution in [3.63, 3.8) is 0 Å². The minimum atomic E-state index is -3.29. The second-order valence-corrected chi connectivity index (χ2v) is 17.9. The van der Waals surface area contributed by atoms with Crippen LogP contribution in [0.2, 0.25) is 18.6 Å². The summed E-state index contributed by atoms with van der Waals surface area (Å²) in [6.07, 6.45) is 1.16. The first kappa shape index (κ1) is 32.8. The maximum atomic E-state index is 15.9. The van der Waals surface area contributed by atoms with Crippen molar-refractivity contribution in [3.05, 3.63) is 83.9 Å². The van der Waals surface area contributed by atoms with Gasteiger partial charge in [-0.15, -0.1) is 0 Å². The Labute approximate surface area is 282 Å². The van der Waals surface area contributed by atoms with Gasteiger partial charge in [-0.1, -0.05) is 37.3 Å². The summed E-state index contributed by atoms with van der Waals surface area (Å²) in [5.41, 5.74) is 1.69. The van der Waals surface area contributed by atoms with Crippen molar-refractivity contribution < 1.29 is 28.3 Å². The van der Waals surface area contributed by atoms with E-state index in [1.54, 1.807) is 25.1 Å². The zero-order chi connectivity index (χ0) is 33.8. The number of anilines is 3. The lowest BCUT2D eigenvalue weighted by atomic mass is 9.82. The van der Waals surface area contributed by atoms with Gasteiger partial charge in [-0.3, -0.25) is 14.5 Å². The zero-order valence-corrected chi connectivity index (χ0v) is 29.1. The van der Waals surface area contributed by atoms with E-state index in [2.05, 4.69) is 22.3 Å². The number of nitrogens with zero attached hydrogens (tertiary/aromatic N) is 3. The van der Waals surface area contributed by atoms with Gasteiger partial charge in [-0.25, -0.2) is 0 Å². The molecule has 0 radical (unpaired) electrons. The number of para-hydroxylation sites is 1. The lowest BCUT2D eigenvalue weighted by molar-refractivity contribution is -0.146. The fourth-order valence-electron chi connectivity index (χ4n) is 8.84. The minimum absolute atomic E-state index is 0.110. The molecule has 3 aromatic carbocycles. The molecule has 0 aromatic heterocycles. The second kappa shape index (κ2) is 12.3. The smallest absolute Gasteiger partial charge is 0.264 e. The van der Waals surface area contributed by atoms with Crippen LogP contribution in [0.1, 0.15) is 37.3 Å². The molecule has 4 aliphatic rings. The van der Waals surface area contributed by atoms with Crippen molar-refractivity contribution in [1.29, 1.82) is 0 Å². The van der Waals surface area contributed by atoms with E-state index in [1.807, 2.05) is 72.5 Å². The maximum absolute atomic E-state index is 15.9. The van der Waals surface area contributed by atoms with Gasteiger partial charge in [0, 0.05) is 35.0 Å². The summed E-state index contributed by atoms with van der Waals surface area (Å²) in [5, 5.41) is 13.3. The van der Waals surface area contributed by atoms with E-state index < -0.39 is 37.1 Å². The Balaban J connectivity index is 1.19. The molecule has 254 valence electrons. The standard InChI is InChI=1S/C37H45FN4O5Si/c1-25-33(48(3,4)38)32(16-21-43)47-37(25)30-22-29(46-2)14-15-31(30)40(35(37)45)23-26-10-12-27(13-11-26)41-24-42(28-8-6-5-7-9-28)36(34(41)44)17-19-39-20-18-36/h5-15,22,25,32-33,39,43H,16-21,23-24H2,1-4H3/t25-,32+,33-,37+/m0/s1. The number of piperidine rings is 1. The van der Waals surface area contributed by atoms with Crippen molar-refractivity contribution in [1.82, 2.24) is 5.32 Å². The third-order valence-corrected chi connectivity index (χ3v) is 13.6. The van der Waals surface area contributed by atoms with Gasteiger partial charge < -0.3 is 33.8 Å². The predicted octanol–water partition coefficient (Wildman–Crippen LogP) is 5.33. The van der Waals surface area contributed by atoms with E-state index in [0.29, 0.717) is 23.7 Å². The number of nitrogens with one attached hydrogen (secondary N) is 1. The monoisotopic (exact) mass is 672 g/mol. The number of ether oxygens (including phenoxy) is 2. The Kier molecular flexibility index (Phi) is 8.38. The van der Waals surface area contributed by atoms with Gasteiger partial charge in [0.2, 0.25) is 8.41 Å². The number of rotatable bonds is 8. The van der Waals surface area contributed by atoms with Gasteiger partial charge >= 0.3 is 0 Å². The molecule has 3 aromatic rings. The van der Waals surface area contributed by atoms with Crippen LogP contribution in [0.4, 0.5) is 21.2 Å². The van der Waals surface area contributed by atoms with Crippen LogP contribution in [0.15, 0.2) is 72.8 Å². The first-order valence-electron chi connectivity index (χ1n) is 17.0. The molecule has 0 unspecified atom stereocenters. The van der Waals surface area contributed by atoms with E-state index in [0.717, 1.165) is 42.9 Å². The second-order valence-electron chi connectivity index (χ2n) is 14.1. The Morgan fingerprint density at radius 2 is 1.71 bits per heavy atom.